The summed E-state index contributed by atoms with van der Waals surface area (Å²) in [7, 11) is 0. The summed E-state index contributed by atoms with van der Waals surface area (Å²) >= 11 is 0. The number of hydrogen-bond acceptors (Lipinski definition) is 5. The Labute approximate surface area is 111 Å². The van der Waals surface area contributed by atoms with Gasteiger partial charge in [0.2, 0.25) is 0 Å². The molecular weight excluding hydrogens is 246 g/mol. The van der Waals surface area contributed by atoms with Crippen molar-refractivity contribution in [2.45, 2.75) is 25.7 Å². The van der Waals surface area contributed by atoms with Crippen LogP contribution in [0, 0.1) is 11.8 Å². The molecule has 6 heteroatoms. The van der Waals surface area contributed by atoms with Crippen molar-refractivity contribution < 1.29 is 15.0 Å². The normalized spacial score (nSPS) is 23.0. The minimum Gasteiger partial charge on any atom is -0.476 e. The summed E-state index contributed by atoms with van der Waals surface area (Å²) in [6, 6.07) is 3.05. The van der Waals surface area contributed by atoms with Crippen molar-refractivity contribution in [3.63, 3.8) is 0 Å². The molecule has 0 saturated heterocycles. The Bertz CT molecular complexity index is 422. The predicted molar refractivity (Wildman–Crippen MR) is 70.0 cm³/mol. The number of hydrogen-bond donors (Lipinski definition) is 3. The summed E-state index contributed by atoms with van der Waals surface area (Å²) in [6.45, 7) is 0.975. The lowest BCUT2D eigenvalue weighted by Gasteiger charge is -2.30. The highest BCUT2D eigenvalue weighted by molar-refractivity contribution is 5.85. The number of carbonyl (C=O) groups is 1. The van der Waals surface area contributed by atoms with Crippen molar-refractivity contribution in [3.8, 4) is 0 Å². The second kappa shape index (κ2) is 6.47. The van der Waals surface area contributed by atoms with Crippen LogP contribution in [0.25, 0.3) is 0 Å². The number of aromatic nitrogens is 2. The first-order valence-corrected chi connectivity index (χ1v) is 6.62. The fourth-order valence-corrected chi connectivity index (χ4v) is 2.57. The molecule has 1 aliphatic rings. The smallest absolute Gasteiger partial charge is 0.356 e. The molecule has 0 spiro atoms. The highest BCUT2D eigenvalue weighted by atomic mass is 16.4. The molecule has 1 fully saturated rings. The first-order chi connectivity index (χ1) is 9.20. The van der Waals surface area contributed by atoms with Gasteiger partial charge in [-0.25, -0.2) is 4.79 Å². The van der Waals surface area contributed by atoms with E-state index in [0.29, 0.717) is 17.7 Å². The van der Waals surface area contributed by atoms with E-state index in [1.165, 1.54) is 18.9 Å². The average molecular weight is 265 g/mol. The standard InChI is InChI=1S/C13H19N3O3/c17-8-10-4-2-1-3-9(10)7-14-12-6-5-11(13(18)19)15-16-12/h5-6,9-10,17H,1-4,7-8H2,(H,14,16)(H,18,19). The maximum atomic E-state index is 10.6. The maximum absolute atomic E-state index is 10.6. The van der Waals surface area contributed by atoms with Crippen LogP contribution < -0.4 is 5.32 Å². The maximum Gasteiger partial charge on any atom is 0.356 e. The first-order valence-electron chi connectivity index (χ1n) is 6.62. The molecule has 0 bridgehead atoms. The third kappa shape index (κ3) is 3.64. The number of anilines is 1. The van der Waals surface area contributed by atoms with Crippen LogP contribution in [0.3, 0.4) is 0 Å². The van der Waals surface area contributed by atoms with Gasteiger partial charge >= 0.3 is 5.97 Å². The van der Waals surface area contributed by atoms with Gasteiger partial charge in [0.1, 0.15) is 5.82 Å². The number of nitrogens with zero attached hydrogens (tertiary/aromatic N) is 2. The molecule has 2 unspecified atom stereocenters. The van der Waals surface area contributed by atoms with Crippen LogP contribution in [0.5, 0.6) is 0 Å². The zero-order chi connectivity index (χ0) is 13.7. The quantitative estimate of drug-likeness (QED) is 0.744. The zero-order valence-corrected chi connectivity index (χ0v) is 10.7. The van der Waals surface area contributed by atoms with Crippen molar-refractivity contribution in [3.05, 3.63) is 17.8 Å². The van der Waals surface area contributed by atoms with Crippen LogP contribution in [-0.4, -0.2) is 39.5 Å². The van der Waals surface area contributed by atoms with Crippen LogP contribution in [0.15, 0.2) is 12.1 Å². The number of carboxylic acid groups (broad SMARTS) is 1. The van der Waals surface area contributed by atoms with Crippen LogP contribution >= 0.6 is 0 Å². The van der Waals surface area contributed by atoms with Crippen LogP contribution in [0.1, 0.15) is 36.2 Å². The summed E-state index contributed by atoms with van der Waals surface area (Å²) in [4.78, 5) is 10.6. The zero-order valence-electron chi connectivity index (χ0n) is 10.7. The van der Waals surface area contributed by atoms with Gasteiger partial charge in [0.25, 0.3) is 0 Å². The Hall–Kier alpha value is -1.69. The predicted octanol–water partition coefficient (Wildman–Crippen LogP) is 1.39. The van der Waals surface area contributed by atoms with Gasteiger partial charge in [0, 0.05) is 13.2 Å². The van der Waals surface area contributed by atoms with Crippen molar-refractivity contribution in [2.24, 2.45) is 11.8 Å². The van der Waals surface area contributed by atoms with Gasteiger partial charge in [-0.1, -0.05) is 12.8 Å². The lowest BCUT2D eigenvalue weighted by Crippen LogP contribution is -2.28. The average Bonchev–Trinajstić information content (AvgIpc) is 2.45. The van der Waals surface area contributed by atoms with E-state index in [1.807, 2.05) is 0 Å². The summed E-state index contributed by atoms with van der Waals surface area (Å²) in [6.07, 6.45) is 4.58. The van der Waals surface area contributed by atoms with E-state index in [-0.39, 0.29) is 12.3 Å². The van der Waals surface area contributed by atoms with Crippen molar-refractivity contribution >= 4 is 11.8 Å². The van der Waals surface area contributed by atoms with E-state index < -0.39 is 5.97 Å². The van der Waals surface area contributed by atoms with Crippen LogP contribution in [-0.2, 0) is 0 Å². The van der Waals surface area contributed by atoms with Gasteiger partial charge in [-0.3, -0.25) is 0 Å². The summed E-state index contributed by atoms with van der Waals surface area (Å²) in [5, 5.41) is 28.7. The largest absolute Gasteiger partial charge is 0.476 e. The highest BCUT2D eigenvalue weighted by Crippen LogP contribution is 2.29. The molecular formula is C13H19N3O3. The van der Waals surface area contributed by atoms with Gasteiger partial charge < -0.3 is 15.5 Å². The first kappa shape index (κ1) is 13.7. The lowest BCUT2D eigenvalue weighted by molar-refractivity contribution is 0.0689. The molecule has 1 aliphatic carbocycles. The minimum absolute atomic E-state index is 0.0588. The number of nitrogens with one attached hydrogen (secondary N) is 1. The van der Waals surface area contributed by atoms with Gasteiger partial charge in [-0.2, -0.15) is 0 Å². The Morgan fingerprint density at radius 3 is 2.58 bits per heavy atom. The van der Waals surface area contributed by atoms with E-state index >= 15 is 0 Å². The van der Waals surface area contributed by atoms with Crippen LogP contribution in [0.2, 0.25) is 0 Å². The second-order valence-corrected chi connectivity index (χ2v) is 4.98. The van der Waals surface area contributed by atoms with Gasteiger partial charge in [-0.15, -0.1) is 10.2 Å². The van der Waals surface area contributed by atoms with E-state index in [2.05, 4.69) is 15.5 Å². The van der Waals surface area contributed by atoms with E-state index in [1.54, 1.807) is 6.07 Å². The Morgan fingerprint density at radius 2 is 2.00 bits per heavy atom. The van der Waals surface area contributed by atoms with Crippen LogP contribution in [0.4, 0.5) is 5.82 Å². The fraction of sp³-hybridized carbons (Fsp3) is 0.615. The number of aliphatic hydroxyl groups is 1. The summed E-state index contributed by atoms with van der Waals surface area (Å²) in [5.74, 6) is 0.297. The Balaban J connectivity index is 1.88. The van der Waals surface area contributed by atoms with E-state index in [4.69, 9.17) is 5.11 Å². The van der Waals surface area contributed by atoms with Crippen molar-refractivity contribution in [1.82, 2.24) is 10.2 Å². The van der Waals surface area contributed by atoms with E-state index in [0.717, 1.165) is 19.4 Å². The second-order valence-electron chi connectivity index (χ2n) is 4.98. The molecule has 2 rings (SSSR count). The fourth-order valence-electron chi connectivity index (χ4n) is 2.57. The molecule has 104 valence electrons. The third-order valence-electron chi connectivity index (χ3n) is 3.73. The SMILES string of the molecule is O=C(O)c1ccc(NCC2CCCCC2CO)nn1. The molecule has 2 atom stereocenters. The molecule has 1 aromatic heterocycles. The summed E-state index contributed by atoms with van der Waals surface area (Å²) in [5.41, 5.74) is -0.0588. The molecule has 0 amide bonds. The number of aliphatic hydroxyl groups excluding tert-OH is 1. The third-order valence-corrected chi connectivity index (χ3v) is 3.73. The molecule has 0 aliphatic heterocycles. The lowest BCUT2D eigenvalue weighted by atomic mass is 9.79. The molecule has 1 heterocycles. The van der Waals surface area contributed by atoms with Gasteiger partial charge in [-0.05, 0) is 36.8 Å². The number of rotatable bonds is 5. The Kier molecular flexibility index (Phi) is 4.68. The molecule has 19 heavy (non-hydrogen) atoms. The number of aromatic carboxylic acids is 1. The summed E-state index contributed by atoms with van der Waals surface area (Å²) < 4.78 is 0. The molecule has 3 N–H and O–H groups in total. The van der Waals surface area contributed by atoms with Crippen molar-refractivity contribution in [2.75, 3.05) is 18.5 Å². The molecule has 1 aromatic rings. The minimum atomic E-state index is -1.08. The van der Waals surface area contributed by atoms with Gasteiger partial charge in [0.05, 0.1) is 0 Å². The molecule has 6 nitrogen and oxygen atoms in total. The molecule has 1 saturated carbocycles. The number of carboxylic acids is 1. The van der Waals surface area contributed by atoms with E-state index in [9.17, 15) is 9.90 Å². The van der Waals surface area contributed by atoms with Gasteiger partial charge in [0.15, 0.2) is 5.69 Å². The Morgan fingerprint density at radius 1 is 1.26 bits per heavy atom. The molecule has 0 aromatic carbocycles. The van der Waals surface area contributed by atoms with Crippen molar-refractivity contribution in [1.29, 1.82) is 0 Å². The highest BCUT2D eigenvalue weighted by Gasteiger charge is 2.24. The monoisotopic (exact) mass is 265 g/mol. The molecule has 0 radical (unpaired) electrons. The topological polar surface area (TPSA) is 95.3 Å².